The second-order valence-electron chi connectivity index (χ2n) is 6.70. The molecule has 0 aliphatic rings. The second kappa shape index (κ2) is 9.31. The smallest absolute Gasteiger partial charge is 0.161 e. The van der Waals surface area contributed by atoms with E-state index in [9.17, 15) is 13.2 Å². The SMILES string of the molecule is CCCCCCCCC(c1cc(F)c(F)cc1F)C(C)(C)OC. The van der Waals surface area contributed by atoms with Crippen LogP contribution in [-0.2, 0) is 4.74 Å². The van der Waals surface area contributed by atoms with Crippen LogP contribution in [0.4, 0.5) is 13.2 Å². The van der Waals surface area contributed by atoms with Gasteiger partial charge in [0.05, 0.1) is 5.60 Å². The Labute approximate surface area is 138 Å². The third-order valence-corrected chi connectivity index (χ3v) is 4.63. The molecule has 0 aliphatic carbocycles. The Bertz CT molecular complexity index is 486. The molecule has 0 saturated heterocycles. The van der Waals surface area contributed by atoms with Crippen molar-refractivity contribution in [2.75, 3.05) is 7.11 Å². The van der Waals surface area contributed by atoms with E-state index in [-0.39, 0.29) is 11.5 Å². The number of methoxy groups -OCH3 is 1. The van der Waals surface area contributed by atoms with Gasteiger partial charge in [0.1, 0.15) is 5.82 Å². The largest absolute Gasteiger partial charge is 0.378 e. The highest BCUT2D eigenvalue weighted by Crippen LogP contribution is 2.37. The number of ether oxygens (including phenoxy) is 1. The number of unbranched alkanes of at least 4 members (excludes halogenated alkanes) is 5. The minimum Gasteiger partial charge on any atom is -0.378 e. The maximum absolute atomic E-state index is 14.2. The summed E-state index contributed by atoms with van der Waals surface area (Å²) in [5.74, 6) is -3.18. The zero-order chi connectivity index (χ0) is 17.5. The summed E-state index contributed by atoms with van der Waals surface area (Å²) >= 11 is 0. The van der Waals surface area contributed by atoms with E-state index >= 15 is 0 Å². The zero-order valence-corrected chi connectivity index (χ0v) is 14.7. The second-order valence-corrected chi connectivity index (χ2v) is 6.70. The van der Waals surface area contributed by atoms with Gasteiger partial charge in [-0.05, 0) is 31.9 Å². The average molecular weight is 330 g/mol. The Hall–Kier alpha value is -1.03. The van der Waals surface area contributed by atoms with E-state index in [0.717, 1.165) is 25.3 Å². The molecule has 1 nitrogen and oxygen atoms in total. The molecule has 0 amide bonds. The maximum Gasteiger partial charge on any atom is 0.161 e. The molecule has 0 N–H and O–H groups in total. The summed E-state index contributed by atoms with van der Waals surface area (Å²) in [6.45, 7) is 5.88. The minimum absolute atomic E-state index is 0.198. The first-order chi connectivity index (χ1) is 10.8. The van der Waals surface area contributed by atoms with Gasteiger partial charge in [0.2, 0.25) is 0 Å². The van der Waals surface area contributed by atoms with Gasteiger partial charge in [-0.25, -0.2) is 13.2 Å². The zero-order valence-electron chi connectivity index (χ0n) is 14.7. The highest BCUT2D eigenvalue weighted by molar-refractivity contribution is 5.26. The summed E-state index contributed by atoms with van der Waals surface area (Å²) in [7, 11) is 1.56. The Morgan fingerprint density at radius 3 is 2.09 bits per heavy atom. The molecule has 1 unspecified atom stereocenters. The number of rotatable bonds is 10. The minimum atomic E-state index is -1.15. The number of benzene rings is 1. The van der Waals surface area contributed by atoms with Crippen molar-refractivity contribution in [3.05, 3.63) is 35.1 Å². The normalized spacial score (nSPS) is 13.3. The standard InChI is InChI=1S/C19H29F3O/c1-5-6-7-8-9-10-11-15(19(2,3)23-4)14-12-17(21)18(22)13-16(14)20/h12-13,15H,5-11H2,1-4H3. The summed E-state index contributed by atoms with van der Waals surface area (Å²) in [5.41, 5.74) is -0.446. The summed E-state index contributed by atoms with van der Waals surface area (Å²) in [5, 5.41) is 0. The van der Waals surface area contributed by atoms with Crippen LogP contribution in [-0.4, -0.2) is 12.7 Å². The Morgan fingerprint density at radius 1 is 0.913 bits per heavy atom. The monoisotopic (exact) mass is 330 g/mol. The molecular formula is C19H29F3O. The van der Waals surface area contributed by atoms with Crippen LogP contribution in [0.25, 0.3) is 0 Å². The van der Waals surface area contributed by atoms with Crippen LogP contribution in [0, 0.1) is 17.5 Å². The molecular weight excluding hydrogens is 301 g/mol. The van der Waals surface area contributed by atoms with Crippen molar-refractivity contribution in [2.45, 2.75) is 77.2 Å². The van der Waals surface area contributed by atoms with Crippen molar-refractivity contribution >= 4 is 0 Å². The Balaban J connectivity index is 2.84. The predicted octanol–water partition coefficient (Wildman–Crippen LogP) is 6.36. The lowest BCUT2D eigenvalue weighted by Gasteiger charge is -2.34. The highest BCUT2D eigenvalue weighted by Gasteiger charge is 2.33. The molecule has 1 rings (SSSR count). The first-order valence-electron chi connectivity index (χ1n) is 8.53. The third kappa shape index (κ3) is 5.83. The molecule has 0 aliphatic heterocycles. The fourth-order valence-corrected chi connectivity index (χ4v) is 2.95. The van der Waals surface area contributed by atoms with Gasteiger partial charge < -0.3 is 4.74 Å². The van der Waals surface area contributed by atoms with E-state index < -0.39 is 23.1 Å². The van der Waals surface area contributed by atoms with Crippen LogP contribution >= 0.6 is 0 Å². The summed E-state index contributed by atoms with van der Waals surface area (Å²) in [6, 6.07) is 1.61. The molecule has 0 bridgehead atoms. The van der Waals surface area contributed by atoms with Crippen LogP contribution in [0.3, 0.4) is 0 Å². The maximum atomic E-state index is 14.2. The molecule has 0 spiro atoms. The molecule has 0 saturated carbocycles. The summed E-state index contributed by atoms with van der Waals surface area (Å²) in [6.07, 6.45) is 7.43. The average Bonchev–Trinajstić information content (AvgIpc) is 2.50. The lowest BCUT2D eigenvalue weighted by atomic mass is 9.80. The van der Waals surface area contributed by atoms with E-state index in [2.05, 4.69) is 6.92 Å². The molecule has 132 valence electrons. The van der Waals surface area contributed by atoms with Crippen LogP contribution in [0.5, 0.6) is 0 Å². The molecule has 1 aromatic rings. The molecule has 0 heterocycles. The van der Waals surface area contributed by atoms with Gasteiger partial charge in [-0.3, -0.25) is 0 Å². The van der Waals surface area contributed by atoms with Crippen molar-refractivity contribution in [2.24, 2.45) is 0 Å². The van der Waals surface area contributed by atoms with E-state index in [0.29, 0.717) is 12.5 Å². The first-order valence-corrected chi connectivity index (χ1v) is 8.53. The number of hydrogen-bond donors (Lipinski definition) is 0. The quantitative estimate of drug-likeness (QED) is 0.358. The van der Waals surface area contributed by atoms with Crippen molar-refractivity contribution in [3.8, 4) is 0 Å². The molecule has 0 radical (unpaired) electrons. The van der Waals surface area contributed by atoms with Crippen molar-refractivity contribution < 1.29 is 17.9 Å². The topological polar surface area (TPSA) is 9.23 Å². The lowest BCUT2D eigenvalue weighted by Crippen LogP contribution is -2.32. The van der Waals surface area contributed by atoms with E-state index in [1.165, 1.54) is 19.3 Å². The van der Waals surface area contributed by atoms with Crippen molar-refractivity contribution in [3.63, 3.8) is 0 Å². The van der Waals surface area contributed by atoms with Crippen LogP contribution in [0.2, 0.25) is 0 Å². The van der Waals surface area contributed by atoms with Crippen LogP contribution in [0.15, 0.2) is 12.1 Å². The molecule has 4 heteroatoms. The van der Waals surface area contributed by atoms with Gasteiger partial charge in [-0.15, -0.1) is 0 Å². The summed E-state index contributed by atoms with van der Waals surface area (Å²) in [4.78, 5) is 0. The summed E-state index contributed by atoms with van der Waals surface area (Å²) < 4.78 is 46.4. The van der Waals surface area contributed by atoms with Crippen LogP contribution in [0.1, 0.15) is 77.2 Å². The molecule has 0 aromatic heterocycles. The predicted molar refractivity (Wildman–Crippen MR) is 88.1 cm³/mol. The van der Waals surface area contributed by atoms with Gasteiger partial charge in [-0.1, -0.05) is 45.4 Å². The van der Waals surface area contributed by atoms with Gasteiger partial charge >= 0.3 is 0 Å². The Kier molecular flexibility index (Phi) is 8.10. The van der Waals surface area contributed by atoms with Crippen LogP contribution < -0.4 is 0 Å². The first kappa shape index (κ1) is 20.0. The fraction of sp³-hybridized carbons (Fsp3) is 0.684. The Morgan fingerprint density at radius 2 is 1.48 bits per heavy atom. The third-order valence-electron chi connectivity index (χ3n) is 4.63. The van der Waals surface area contributed by atoms with Gasteiger partial charge in [0, 0.05) is 19.1 Å². The van der Waals surface area contributed by atoms with Gasteiger partial charge in [0.15, 0.2) is 11.6 Å². The van der Waals surface area contributed by atoms with E-state index in [1.54, 1.807) is 7.11 Å². The van der Waals surface area contributed by atoms with Crippen molar-refractivity contribution in [1.29, 1.82) is 0 Å². The molecule has 1 aromatic carbocycles. The van der Waals surface area contributed by atoms with Gasteiger partial charge in [0.25, 0.3) is 0 Å². The molecule has 1 atom stereocenters. The van der Waals surface area contributed by atoms with E-state index in [4.69, 9.17) is 4.74 Å². The van der Waals surface area contributed by atoms with Crippen molar-refractivity contribution in [1.82, 2.24) is 0 Å². The fourth-order valence-electron chi connectivity index (χ4n) is 2.95. The number of hydrogen-bond acceptors (Lipinski definition) is 1. The highest BCUT2D eigenvalue weighted by atomic mass is 19.2. The van der Waals surface area contributed by atoms with Gasteiger partial charge in [-0.2, -0.15) is 0 Å². The molecule has 0 fully saturated rings. The van der Waals surface area contributed by atoms with E-state index in [1.807, 2.05) is 13.8 Å². The lowest BCUT2D eigenvalue weighted by molar-refractivity contribution is -0.00550. The number of halogens is 3. The molecule has 23 heavy (non-hydrogen) atoms.